The van der Waals surface area contributed by atoms with E-state index in [1.54, 1.807) is 47.5 Å². The number of phenolic OH excluding ortho intramolecular Hbond substituents is 1. The molecule has 0 saturated carbocycles. The Labute approximate surface area is 290 Å². The Bertz CT molecular complexity index is 2210. The van der Waals surface area contributed by atoms with E-state index < -0.39 is 11.4 Å². The molecular formula is C35H34ClN7O5S. The van der Waals surface area contributed by atoms with Crippen molar-refractivity contribution in [1.29, 1.82) is 0 Å². The van der Waals surface area contributed by atoms with Crippen molar-refractivity contribution in [2.45, 2.75) is 32.7 Å². The number of hydrogen-bond acceptors (Lipinski definition) is 8. The average Bonchev–Trinajstić information content (AvgIpc) is 3.78. The first kappa shape index (κ1) is 32.4. The number of nitrogens with two attached hydrogens (primary N) is 1. The van der Waals surface area contributed by atoms with Gasteiger partial charge in [-0.15, -0.1) is 0 Å². The van der Waals surface area contributed by atoms with Crippen molar-refractivity contribution in [3.8, 4) is 28.5 Å². The molecule has 3 aromatic heterocycles. The van der Waals surface area contributed by atoms with Crippen LogP contribution in [0.3, 0.4) is 0 Å². The summed E-state index contributed by atoms with van der Waals surface area (Å²) < 4.78 is 14.8. The van der Waals surface area contributed by atoms with E-state index in [0.717, 1.165) is 10.2 Å². The summed E-state index contributed by atoms with van der Waals surface area (Å²) in [5.74, 6) is 0.234. The molecule has 6 aromatic rings. The molecule has 3 N–H and O–H groups in total. The van der Waals surface area contributed by atoms with E-state index in [1.165, 1.54) is 21.1 Å². The first-order chi connectivity index (χ1) is 23.5. The molecule has 1 saturated heterocycles. The topological polar surface area (TPSA) is 140 Å². The molecule has 12 nitrogen and oxygen atoms in total. The number of nitrogens with zero attached hydrogens (tertiary/aromatic N) is 6. The zero-order valence-electron chi connectivity index (χ0n) is 27.1. The largest absolute Gasteiger partial charge is 0.506 e. The smallest absolute Gasteiger partial charge is 0.335 e. The SMILES string of the molecule is CC(C)(C)c1nn(N(Cc2ccccc2Oc2nc3sc4ccccc4n3c2C(=O)N2CCOCC2)C(N)=O)cc1-c1cccc(Cl)c1O. The number of fused-ring (bicyclic) bond motifs is 3. The van der Waals surface area contributed by atoms with Crippen molar-refractivity contribution in [3.05, 3.63) is 94.9 Å². The van der Waals surface area contributed by atoms with E-state index in [1.807, 2.05) is 55.5 Å². The van der Waals surface area contributed by atoms with Crippen LogP contribution in [0.4, 0.5) is 4.79 Å². The Morgan fingerprint density at radius 1 is 1.04 bits per heavy atom. The number of aromatic nitrogens is 4. The average molecular weight is 700 g/mol. The quantitative estimate of drug-likeness (QED) is 0.193. The molecule has 1 aliphatic heterocycles. The third kappa shape index (κ3) is 6.05. The van der Waals surface area contributed by atoms with Gasteiger partial charge >= 0.3 is 6.03 Å². The number of urea groups is 1. The maximum atomic E-state index is 14.1. The number of thiazole rings is 1. The highest BCUT2D eigenvalue weighted by molar-refractivity contribution is 7.23. The summed E-state index contributed by atoms with van der Waals surface area (Å²) in [6.45, 7) is 7.72. The minimum atomic E-state index is -0.767. The van der Waals surface area contributed by atoms with Crippen molar-refractivity contribution in [3.63, 3.8) is 0 Å². The molecule has 0 atom stereocenters. The van der Waals surface area contributed by atoms with Crippen LogP contribution in [0.25, 0.3) is 26.3 Å². The third-order valence-electron chi connectivity index (χ3n) is 8.31. The third-order valence-corrected chi connectivity index (χ3v) is 9.64. The monoisotopic (exact) mass is 699 g/mol. The van der Waals surface area contributed by atoms with E-state index in [9.17, 15) is 14.7 Å². The van der Waals surface area contributed by atoms with Crippen LogP contribution in [-0.4, -0.2) is 67.5 Å². The number of carbonyl (C=O) groups excluding carboxylic acids is 2. The van der Waals surface area contributed by atoms with Gasteiger partial charge in [0.25, 0.3) is 11.8 Å². The second kappa shape index (κ2) is 12.7. The molecule has 0 radical (unpaired) electrons. The summed E-state index contributed by atoms with van der Waals surface area (Å²) in [6.07, 6.45) is 1.65. The number of hydrogen-bond donors (Lipinski definition) is 2. The van der Waals surface area contributed by atoms with E-state index in [4.69, 9.17) is 36.9 Å². The minimum Gasteiger partial charge on any atom is -0.506 e. The fourth-order valence-corrected chi connectivity index (χ4v) is 7.09. The highest BCUT2D eigenvalue weighted by Crippen LogP contribution is 2.40. The Hall–Kier alpha value is -5.11. The molecule has 252 valence electrons. The second-order valence-electron chi connectivity index (χ2n) is 12.7. The summed E-state index contributed by atoms with van der Waals surface area (Å²) >= 11 is 7.71. The number of imidazole rings is 1. The Kier molecular flexibility index (Phi) is 8.43. The summed E-state index contributed by atoms with van der Waals surface area (Å²) in [7, 11) is 0. The van der Waals surface area contributed by atoms with E-state index >= 15 is 0 Å². The molecular weight excluding hydrogens is 666 g/mol. The molecule has 49 heavy (non-hydrogen) atoms. The Balaban J connectivity index is 1.28. The summed E-state index contributed by atoms with van der Waals surface area (Å²) in [4.78, 5) is 35.6. The fraction of sp³-hybridized carbons (Fsp3) is 0.257. The number of rotatable bonds is 7. The number of halogens is 1. The predicted octanol–water partition coefficient (Wildman–Crippen LogP) is 6.55. The van der Waals surface area contributed by atoms with Gasteiger partial charge in [-0.25, -0.2) is 9.80 Å². The summed E-state index contributed by atoms with van der Waals surface area (Å²) in [5.41, 5.74) is 8.93. The zero-order valence-corrected chi connectivity index (χ0v) is 28.7. The van der Waals surface area contributed by atoms with Crippen LogP contribution in [0.5, 0.6) is 17.4 Å². The fourth-order valence-electron chi connectivity index (χ4n) is 5.89. The number of para-hydroxylation sites is 3. The highest BCUT2D eigenvalue weighted by Gasteiger charge is 2.31. The molecule has 4 heterocycles. The molecule has 0 bridgehead atoms. The van der Waals surface area contributed by atoms with Crippen molar-refractivity contribution in [2.24, 2.45) is 5.73 Å². The van der Waals surface area contributed by atoms with Crippen molar-refractivity contribution in [2.75, 3.05) is 31.3 Å². The predicted molar refractivity (Wildman–Crippen MR) is 188 cm³/mol. The summed E-state index contributed by atoms with van der Waals surface area (Å²) in [5, 5.41) is 17.1. The minimum absolute atomic E-state index is 0.0321. The van der Waals surface area contributed by atoms with Crippen molar-refractivity contribution in [1.82, 2.24) is 24.2 Å². The number of morpholine rings is 1. The van der Waals surface area contributed by atoms with Crippen LogP contribution in [0, 0.1) is 0 Å². The van der Waals surface area contributed by atoms with Gasteiger partial charge in [-0.2, -0.15) is 14.9 Å². The molecule has 0 unspecified atom stereocenters. The molecule has 1 fully saturated rings. The van der Waals surface area contributed by atoms with Crippen molar-refractivity contribution >= 4 is 50.1 Å². The first-order valence-corrected chi connectivity index (χ1v) is 16.9. The molecule has 3 aromatic carbocycles. The van der Waals surface area contributed by atoms with Gasteiger partial charge < -0.3 is 25.2 Å². The lowest BCUT2D eigenvalue weighted by Gasteiger charge is -2.26. The molecule has 7 rings (SSSR count). The molecule has 3 amide bonds. The van der Waals surface area contributed by atoms with Gasteiger partial charge in [-0.3, -0.25) is 9.20 Å². The van der Waals surface area contributed by atoms with Gasteiger partial charge in [0.1, 0.15) is 11.5 Å². The first-order valence-electron chi connectivity index (χ1n) is 15.7. The second-order valence-corrected chi connectivity index (χ2v) is 14.1. The number of aromatic hydroxyl groups is 1. The lowest BCUT2D eigenvalue weighted by atomic mass is 9.87. The van der Waals surface area contributed by atoms with Crippen LogP contribution < -0.4 is 15.5 Å². The number of amides is 3. The van der Waals surface area contributed by atoms with Gasteiger partial charge in [0.15, 0.2) is 10.7 Å². The lowest BCUT2D eigenvalue weighted by Crippen LogP contribution is -2.44. The Morgan fingerprint density at radius 2 is 1.78 bits per heavy atom. The maximum absolute atomic E-state index is 14.1. The number of carbonyl (C=O) groups is 2. The standard InChI is InChI=1S/C35H34ClN7O5S/c1-35(2,3)30-23(22-10-8-11-24(36)29(22)44)20-42(39-30)41(33(37)46)19-21-9-4-6-13-26(21)48-31-28(32(45)40-15-17-47-18-16-40)43-25-12-5-7-14-27(25)49-34(43)38-31/h4-14,20,44H,15-19H2,1-3H3,(H2,37,46). The summed E-state index contributed by atoms with van der Waals surface area (Å²) in [6, 6.07) is 19.3. The van der Waals surface area contributed by atoms with Crippen LogP contribution in [0.1, 0.15) is 42.5 Å². The van der Waals surface area contributed by atoms with Crippen LogP contribution in [-0.2, 0) is 16.7 Å². The number of primary amides is 1. The van der Waals surface area contributed by atoms with Gasteiger partial charge in [0, 0.05) is 35.2 Å². The molecule has 1 aliphatic rings. The van der Waals surface area contributed by atoms with Crippen molar-refractivity contribution < 1.29 is 24.2 Å². The Morgan fingerprint density at radius 3 is 2.53 bits per heavy atom. The molecule has 0 spiro atoms. The maximum Gasteiger partial charge on any atom is 0.335 e. The zero-order chi connectivity index (χ0) is 34.4. The molecule has 14 heteroatoms. The van der Waals surface area contributed by atoms with Crippen LogP contribution in [0.2, 0.25) is 5.02 Å². The van der Waals surface area contributed by atoms with Gasteiger partial charge in [0.2, 0.25) is 0 Å². The van der Waals surface area contributed by atoms with E-state index in [2.05, 4.69) is 0 Å². The number of ether oxygens (including phenoxy) is 2. The normalized spacial score (nSPS) is 13.7. The van der Waals surface area contributed by atoms with E-state index in [0.29, 0.717) is 65.1 Å². The number of phenols is 1. The van der Waals surface area contributed by atoms with Gasteiger partial charge in [-0.05, 0) is 24.3 Å². The van der Waals surface area contributed by atoms with E-state index in [-0.39, 0.29) is 29.1 Å². The molecule has 0 aliphatic carbocycles. The highest BCUT2D eigenvalue weighted by atomic mass is 35.5. The lowest BCUT2D eigenvalue weighted by molar-refractivity contribution is 0.0297. The van der Waals surface area contributed by atoms with Gasteiger partial charge in [-0.1, -0.05) is 86.2 Å². The van der Waals surface area contributed by atoms with Crippen LogP contribution >= 0.6 is 22.9 Å². The van der Waals surface area contributed by atoms with Crippen LogP contribution in [0.15, 0.2) is 72.9 Å². The van der Waals surface area contributed by atoms with Gasteiger partial charge in [0.05, 0.1) is 46.9 Å². The number of benzene rings is 3.